The molecule has 5 heteroatoms. The summed E-state index contributed by atoms with van der Waals surface area (Å²) in [7, 11) is 1.35. The number of urea groups is 1. The van der Waals surface area contributed by atoms with Gasteiger partial charge in [-0.2, -0.15) is 0 Å². The fourth-order valence-electron chi connectivity index (χ4n) is 3.11. The molecule has 23 heavy (non-hydrogen) atoms. The number of nitrogens with one attached hydrogen (secondary N) is 1. The Balaban J connectivity index is 2.04. The van der Waals surface area contributed by atoms with Crippen LogP contribution in [0.15, 0.2) is 30.3 Å². The summed E-state index contributed by atoms with van der Waals surface area (Å²) in [6, 6.07) is 9.09. The lowest BCUT2D eigenvalue weighted by Gasteiger charge is -2.36. The topological polar surface area (TPSA) is 58.6 Å². The number of benzene rings is 1. The van der Waals surface area contributed by atoms with Gasteiger partial charge in [-0.05, 0) is 31.2 Å². The maximum Gasteiger partial charge on any atom is 0.328 e. The van der Waals surface area contributed by atoms with Crippen molar-refractivity contribution < 1.29 is 14.3 Å². The molecule has 1 saturated heterocycles. The van der Waals surface area contributed by atoms with E-state index in [-0.39, 0.29) is 12.1 Å². The molecular weight excluding hydrogens is 292 g/mol. The van der Waals surface area contributed by atoms with E-state index in [1.807, 2.05) is 35.2 Å². The van der Waals surface area contributed by atoms with Crippen molar-refractivity contribution in [3.8, 4) is 0 Å². The molecule has 0 aromatic heterocycles. The molecule has 1 aromatic carbocycles. The highest BCUT2D eigenvalue weighted by Gasteiger charge is 2.29. The molecule has 1 fully saturated rings. The van der Waals surface area contributed by atoms with E-state index >= 15 is 0 Å². The van der Waals surface area contributed by atoms with Crippen LogP contribution in [0.4, 0.5) is 4.79 Å². The number of nitrogens with zero attached hydrogens (tertiary/aromatic N) is 1. The Morgan fingerprint density at radius 1 is 1.30 bits per heavy atom. The molecule has 1 heterocycles. The highest BCUT2D eigenvalue weighted by atomic mass is 16.5. The molecule has 1 N–H and O–H groups in total. The van der Waals surface area contributed by atoms with E-state index in [2.05, 4.69) is 12.2 Å². The van der Waals surface area contributed by atoms with Crippen LogP contribution in [0.1, 0.15) is 38.2 Å². The van der Waals surface area contributed by atoms with Crippen molar-refractivity contribution in [1.82, 2.24) is 10.2 Å². The van der Waals surface area contributed by atoms with Gasteiger partial charge in [0.05, 0.1) is 7.11 Å². The van der Waals surface area contributed by atoms with Gasteiger partial charge < -0.3 is 15.0 Å². The third kappa shape index (κ3) is 4.71. The maximum atomic E-state index is 12.6. The largest absolute Gasteiger partial charge is 0.467 e. The highest BCUT2D eigenvalue weighted by molar-refractivity contribution is 5.84. The lowest BCUT2D eigenvalue weighted by Crippen LogP contribution is -2.53. The van der Waals surface area contributed by atoms with Crippen molar-refractivity contribution >= 4 is 12.0 Å². The SMILES string of the molecule is CCC1CCCCN1C(=O)N[C@@H](Cc1ccccc1)C(=O)OC. The summed E-state index contributed by atoms with van der Waals surface area (Å²) in [6.07, 6.45) is 4.59. The molecule has 0 aliphatic carbocycles. The number of esters is 1. The number of amides is 2. The summed E-state index contributed by atoms with van der Waals surface area (Å²) in [4.78, 5) is 26.5. The summed E-state index contributed by atoms with van der Waals surface area (Å²) in [5.74, 6) is -0.410. The van der Waals surface area contributed by atoms with Crippen molar-refractivity contribution in [2.45, 2.75) is 51.1 Å². The van der Waals surface area contributed by atoms with Gasteiger partial charge in [-0.25, -0.2) is 9.59 Å². The number of piperidine rings is 1. The predicted octanol–water partition coefficient (Wildman–Crippen LogP) is 2.74. The van der Waals surface area contributed by atoms with Crippen LogP contribution in [0.2, 0.25) is 0 Å². The van der Waals surface area contributed by atoms with Crippen molar-refractivity contribution in [1.29, 1.82) is 0 Å². The molecule has 0 radical (unpaired) electrons. The number of hydrogen-bond acceptors (Lipinski definition) is 3. The zero-order valence-electron chi connectivity index (χ0n) is 14.0. The Kier molecular flexibility index (Phi) is 6.44. The van der Waals surface area contributed by atoms with Crippen LogP contribution < -0.4 is 5.32 Å². The lowest BCUT2D eigenvalue weighted by atomic mass is 10.0. The summed E-state index contributed by atoms with van der Waals surface area (Å²) < 4.78 is 4.85. The van der Waals surface area contributed by atoms with Gasteiger partial charge in [-0.3, -0.25) is 0 Å². The number of ether oxygens (including phenoxy) is 1. The minimum atomic E-state index is -0.658. The second kappa shape index (κ2) is 8.56. The van der Waals surface area contributed by atoms with E-state index in [1.165, 1.54) is 7.11 Å². The lowest BCUT2D eigenvalue weighted by molar-refractivity contribution is -0.142. The van der Waals surface area contributed by atoms with E-state index in [0.717, 1.165) is 37.8 Å². The first-order chi connectivity index (χ1) is 11.2. The van der Waals surface area contributed by atoms with Crippen molar-refractivity contribution in [3.05, 3.63) is 35.9 Å². The van der Waals surface area contributed by atoms with Gasteiger partial charge in [0, 0.05) is 19.0 Å². The minimum Gasteiger partial charge on any atom is -0.467 e. The predicted molar refractivity (Wildman–Crippen MR) is 89.1 cm³/mol. The summed E-state index contributed by atoms with van der Waals surface area (Å²) in [6.45, 7) is 2.85. The molecule has 126 valence electrons. The van der Waals surface area contributed by atoms with Gasteiger partial charge in [0.15, 0.2) is 0 Å². The average molecular weight is 318 g/mol. The normalized spacial score (nSPS) is 19.0. The van der Waals surface area contributed by atoms with Crippen LogP contribution in [-0.4, -0.2) is 42.6 Å². The second-order valence-electron chi connectivity index (χ2n) is 5.97. The van der Waals surface area contributed by atoms with E-state index in [4.69, 9.17) is 4.74 Å². The Morgan fingerprint density at radius 3 is 2.70 bits per heavy atom. The van der Waals surface area contributed by atoms with E-state index in [9.17, 15) is 9.59 Å². The van der Waals surface area contributed by atoms with Gasteiger partial charge in [0.1, 0.15) is 6.04 Å². The summed E-state index contributed by atoms with van der Waals surface area (Å²) >= 11 is 0. The smallest absolute Gasteiger partial charge is 0.328 e. The summed E-state index contributed by atoms with van der Waals surface area (Å²) in [5, 5.41) is 2.86. The Labute approximate surface area is 138 Å². The molecule has 0 bridgehead atoms. The molecule has 0 spiro atoms. The van der Waals surface area contributed by atoms with E-state index in [0.29, 0.717) is 6.42 Å². The molecule has 2 atom stereocenters. The van der Waals surface area contributed by atoms with Crippen molar-refractivity contribution in [2.75, 3.05) is 13.7 Å². The van der Waals surface area contributed by atoms with Gasteiger partial charge in [0.2, 0.25) is 0 Å². The summed E-state index contributed by atoms with van der Waals surface area (Å²) in [5.41, 5.74) is 0.994. The maximum absolute atomic E-state index is 12.6. The van der Waals surface area contributed by atoms with Crippen molar-refractivity contribution in [3.63, 3.8) is 0 Å². The molecule has 2 rings (SSSR count). The molecule has 1 aliphatic rings. The van der Waals surface area contributed by atoms with Gasteiger partial charge in [-0.15, -0.1) is 0 Å². The first-order valence-electron chi connectivity index (χ1n) is 8.34. The van der Waals surface area contributed by atoms with Gasteiger partial charge >= 0.3 is 12.0 Å². The Morgan fingerprint density at radius 2 is 2.04 bits per heavy atom. The minimum absolute atomic E-state index is 0.164. The van der Waals surface area contributed by atoms with Crippen LogP contribution in [-0.2, 0) is 16.0 Å². The third-order valence-electron chi connectivity index (χ3n) is 4.43. The van der Waals surface area contributed by atoms with Gasteiger partial charge in [-0.1, -0.05) is 37.3 Å². The molecule has 2 amide bonds. The molecule has 5 nitrogen and oxygen atoms in total. The van der Waals surface area contributed by atoms with Gasteiger partial charge in [0.25, 0.3) is 0 Å². The van der Waals surface area contributed by atoms with Crippen LogP contribution in [0, 0.1) is 0 Å². The van der Waals surface area contributed by atoms with E-state index in [1.54, 1.807) is 0 Å². The molecule has 1 unspecified atom stereocenters. The molecular formula is C18H26N2O3. The zero-order valence-corrected chi connectivity index (χ0v) is 14.0. The van der Waals surface area contributed by atoms with Crippen LogP contribution in [0.25, 0.3) is 0 Å². The number of hydrogen-bond donors (Lipinski definition) is 1. The quantitative estimate of drug-likeness (QED) is 0.849. The van der Waals surface area contributed by atoms with Crippen LogP contribution in [0.3, 0.4) is 0 Å². The van der Waals surface area contributed by atoms with Crippen molar-refractivity contribution in [2.24, 2.45) is 0 Å². The Bertz CT molecular complexity index is 518. The number of rotatable bonds is 5. The first-order valence-corrected chi connectivity index (χ1v) is 8.34. The van der Waals surface area contributed by atoms with Crippen LogP contribution >= 0.6 is 0 Å². The van der Waals surface area contributed by atoms with Crippen LogP contribution in [0.5, 0.6) is 0 Å². The molecule has 1 aromatic rings. The highest BCUT2D eigenvalue weighted by Crippen LogP contribution is 2.19. The number of methoxy groups -OCH3 is 1. The Hall–Kier alpha value is -2.04. The first kappa shape index (κ1) is 17.3. The standard InChI is InChI=1S/C18H26N2O3/c1-3-15-11-7-8-12-20(15)18(22)19-16(17(21)23-2)13-14-9-5-4-6-10-14/h4-6,9-10,15-16H,3,7-8,11-13H2,1-2H3,(H,19,22)/t15?,16-/m0/s1. The third-order valence-corrected chi connectivity index (χ3v) is 4.43. The molecule has 0 saturated carbocycles. The fraction of sp³-hybridized carbons (Fsp3) is 0.556. The fourth-order valence-corrected chi connectivity index (χ4v) is 3.11. The average Bonchev–Trinajstić information content (AvgIpc) is 2.61. The molecule has 1 aliphatic heterocycles. The monoisotopic (exact) mass is 318 g/mol. The number of likely N-dealkylation sites (tertiary alicyclic amines) is 1. The number of carbonyl (C=O) groups is 2. The second-order valence-corrected chi connectivity index (χ2v) is 5.97. The number of carbonyl (C=O) groups excluding carboxylic acids is 2. The zero-order chi connectivity index (χ0) is 16.7. The van der Waals surface area contributed by atoms with E-state index < -0.39 is 12.0 Å².